The van der Waals surface area contributed by atoms with E-state index < -0.39 is 0 Å². The Kier molecular flexibility index (Phi) is 10.5. The van der Waals surface area contributed by atoms with Gasteiger partial charge in [-0.15, -0.1) is 0 Å². The molecule has 0 aliphatic rings. The van der Waals surface area contributed by atoms with Gasteiger partial charge in [0.2, 0.25) is 0 Å². The molecule has 0 aromatic carbocycles. The quantitative estimate of drug-likeness (QED) is 0.578. The Bertz CT molecular complexity index is 231. The van der Waals surface area contributed by atoms with Crippen molar-refractivity contribution in [3.05, 3.63) is 0 Å². The fourth-order valence-corrected chi connectivity index (χ4v) is 2.77. The number of aliphatic hydroxyl groups is 1. The molecule has 0 spiro atoms. The summed E-state index contributed by atoms with van der Waals surface area (Å²) >= 11 is 0. The van der Waals surface area contributed by atoms with E-state index >= 15 is 0 Å². The first-order chi connectivity index (χ1) is 9.34. The topological polar surface area (TPSA) is 35.5 Å². The maximum atomic E-state index is 9.06. The zero-order valence-electron chi connectivity index (χ0n) is 14.7. The molecular weight excluding hydrogens is 248 g/mol. The molecule has 0 radical (unpaired) electrons. The third-order valence-corrected chi connectivity index (χ3v) is 3.88. The molecule has 20 heavy (non-hydrogen) atoms. The van der Waals surface area contributed by atoms with Gasteiger partial charge in [0.1, 0.15) is 0 Å². The number of hydrogen-bond donors (Lipinski definition) is 2. The van der Waals surface area contributed by atoms with Crippen molar-refractivity contribution in [1.29, 1.82) is 0 Å². The maximum absolute atomic E-state index is 9.06. The van der Waals surface area contributed by atoms with E-state index in [0.29, 0.717) is 24.0 Å². The summed E-state index contributed by atoms with van der Waals surface area (Å²) < 4.78 is 0. The summed E-state index contributed by atoms with van der Waals surface area (Å²) in [4.78, 5) is 2.52. The third kappa shape index (κ3) is 8.93. The van der Waals surface area contributed by atoms with Gasteiger partial charge in [-0.1, -0.05) is 34.1 Å². The van der Waals surface area contributed by atoms with Crippen molar-refractivity contribution >= 4 is 0 Å². The van der Waals surface area contributed by atoms with Crippen molar-refractivity contribution in [2.45, 2.75) is 66.8 Å². The monoisotopic (exact) mass is 286 g/mol. The smallest absolute Gasteiger partial charge is 0.0443 e. The molecule has 0 heterocycles. The van der Waals surface area contributed by atoms with Crippen molar-refractivity contribution in [2.24, 2.45) is 11.3 Å². The molecule has 1 unspecified atom stereocenters. The average Bonchev–Trinajstić information content (AvgIpc) is 2.34. The SMILES string of the molecule is CCCC(C)(CNCC(C)C)CN(CCCO)C(C)C. The van der Waals surface area contributed by atoms with Crippen LogP contribution >= 0.6 is 0 Å². The van der Waals surface area contributed by atoms with E-state index in [1.165, 1.54) is 12.8 Å². The minimum absolute atomic E-state index is 0.291. The van der Waals surface area contributed by atoms with Crippen LogP contribution in [0.3, 0.4) is 0 Å². The van der Waals surface area contributed by atoms with Crippen LogP contribution in [-0.2, 0) is 0 Å². The first-order valence-corrected chi connectivity index (χ1v) is 8.40. The maximum Gasteiger partial charge on any atom is 0.0443 e. The highest BCUT2D eigenvalue weighted by Gasteiger charge is 2.27. The molecule has 3 heteroatoms. The van der Waals surface area contributed by atoms with E-state index in [-0.39, 0.29) is 0 Å². The Morgan fingerprint density at radius 1 is 1.20 bits per heavy atom. The summed E-state index contributed by atoms with van der Waals surface area (Å²) in [5, 5.41) is 12.7. The van der Waals surface area contributed by atoms with Gasteiger partial charge in [-0.25, -0.2) is 0 Å². The average molecular weight is 287 g/mol. The van der Waals surface area contributed by atoms with Gasteiger partial charge in [0.25, 0.3) is 0 Å². The molecule has 0 aromatic heterocycles. The van der Waals surface area contributed by atoms with Gasteiger partial charge in [-0.05, 0) is 44.6 Å². The van der Waals surface area contributed by atoms with Crippen LogP contribution in [0.15, 0.2) is 0 Å². The van der Waals surface area contributed by atoms with Gasteiger partial charge in [-0.2, -0.15) is 0 Å². The Morgan fingerprint density at radius 2 is 1.85 bits per heavy atom. The fourth-order valence-electron chi connectivity index (χ4n) is 2.77. The Hall–Kier alpha value is -0.120. The largest absolute Gasteiger partial charge is 0.396 e. The van der Waals surface area contributed by atoms with Gasteiger partial charge >= 0.3 is 0 Å². The molecule has 0 aromatic rings. The zero-order valence-corrected chi connectivity index (χ0v) is 14.7. The molecule has 122 valence electrons. The zero-order chi connectivity index (χ0) is 15.6. The van der Waals surface area contributed by atoms with Crippen LogP contribution in [0.4, 0.5) is 0 Å². The van der Waals surface area contributed by atoms with Crippen LogP contribution in [-0.4, -0.2) is 48.8 Å². The van der Waals surface area contributed by atoms with Gasteiger partial charge in [0, 0.05) is 32.3 Å². The molecule has 0 amide bonds. The fraction of sp³-hybridized carbons (Fsp3) is 1.00. The highest BCUT2D eigenvalue weighted by Crippen LogP contribution is 2.25. The molecule has 0 aliphatic heterocycles. The molecule has 2 N–H and O–H groups in total. The second kappa shape index (κ2) is 10.6. The molecule has 0 saturated carbocycles. The van der Waals surface area contributed by atoms with E-state index in [1.54, 1.807) is 0 Å². The number of rotatable bonds is 12. The van der Waals surface area contributed by atoms with Gasteiger partial charge in [0.05, 0.1) is 0 Å². The predicted molar refractivity (Wildman–Crippen MR) is 89.1 cm³/mol. The molecular formula is C17H38N2O. The molecule has 1 atom stereocenters. The van der Waals surface area contributed by atoms with Crippen LogP contribution < -0.4 is 5.32 Å². The summed E-state index contributed by atoms with van der Waals surface area (Å²) in [6.45, 7) is 18.3. The van der Waals surface area contributed by atoms with Gasteiger partial charge in [0.15, 0.2) is 0 Å². The van der Waals surface area contributed by atoms with E-state index in [9.17, 15) is 0 Å². The van der Waals surface area contributed by atoms with E-state index in [4.69, 9.17) is 5.11 Å². The van der Waals surface area contributed by atoms with Gasteiger partial charge in [-0.3, -0.25) is 0 Å². The number of aliphatic hydroxyl groups excluding tert-OH is 1. The molecule has 0 saturated heterocycles. The standard InChI is InChI=1S/C17H38N2O/c1-7-9-17(6,13-18-12-15(2)3)14-19(16(4)5)10-8-11-20/h15-16,18,20H,7-14H2,1-6H3. The molecule has 0 bridgehead atoms. The van der Waals surface area contributed by atoms with E-state index in [0.717, 1.165) is 32.6 Å². The lowest BCUT2D eigenvalue weighted by atomic mass is 9.84. The Balaban J connectivity index is 4.51. The second-order valence-electron chi connectivity index (χ2n) is 7.23. The molecule has 3 nitrogen and oxygen atoms in total. The first-order valence-electron chi connectivity index (χ1n) is 8.40. The van der Waals surface area contributed by atoms with Crippen molar-refractivity contribution in [1.82, 2.24) is 10.2 Å². The Labute approximate surface area is 127 Å². The van der Waals surface area contributed by atoms with Crippen molar-refractivity contribution in [2.75, 3.05) is 32.8 Å². The lowest BCUT2D eigenvalue weighted by Gasteiger charge is -2.38. The summed E-state index contributed by atoms with van der Waals surface area (Å²) in [6.07, 6.45) is 3.35. The van der Waals surface area contributed by atoms with Crippen molar-refractivity contribution in [3.63, 3.8) is 0 Å². The normalized spacial score (nSPS) is 15.3. The van der Waals surface area contributed by atoms with E-state index in [2.05, 4.69) is 51.8 Å². The number of nitrogens with one attached hydrogen (secondary N) is 1. The summed E-state index contributed by atoms with van der Waals surface area (Å²) in [6, 6.07) is 0.544. The highest BCUT2D eigenvalue weighted by atomic mass is 16.3. The summed E-state index contributed by atoms with van der Waals surface area (Å²) in [5.74, 6) is 0.705. The Morgan fingerprint density at radius 3 is 2.30 bits per heavy atom. The highest BCUT2D eigenvalue weighted by molar-refractivity contribution is 4.82. The van der Waals surface area contributed by atoms with Crippen molar-refractivity contribution in [3.8, 4) is 0 Å². The summed E-state index contributed by atoms with van der Waals surface area (Å²) in [5.41, 5.74) is 0.323. The molecule has 0 aliphatic carbocycles. The predicted octanol–water partition coefficient (Wildman–Crippen LogP) is 3.13. The lowest BCUT2D eigenvalue weighted by molar-refractivity contribution is 0.113. The van der Waals surface area contributed by atoms with Crippen molar-refractivity contribution < 1.29 is 5.11 Å². The minimum Gasteiger partial charge on any atom is -0.396 e. The first kappa shape index (κ1) is 19.9. The molecule has 0 fully saturated rings. The number of nitrogens with zero attached hydrogens (tertiary/aromatic N) is 1. The summed E-state index contributed by atoms with van der Waals surface area (Å²) in [7, 11) is 0. The molecule has 0 rings (SSSR count). The third-order valence-electron chi connectivity index (χ3n) is 3.88. The number of hydrogen-bond acceptors (Lipinski definition) is 3. The second-order valence-corrected chi connectivity index (χ2v) is 7.23. The van der Waals surface area contributed by atoms with Crippen LogP contribution in [0.2, 0.25) is 0 Å². The van der Waals surface area contributed by atoms with E-state index in [1.807, 2.05) is 0 Å². The van der Waals surface area contributed by atoms with Crippen LogP contribution in [0.1, 0.15) is 60.8 Å². The van der Waals surface area contributed by atoms with Gasteiger partial charge < -0.3 is 15.3 Å². The lowest BCUT2D eigenvalue weighted by Crippen LogP contribution is -2.45. The minimum atomic E-state index is 0.291. The van der Waals surface area contributed by atoms with Crippen LogP contribution in [0.5, 0.6) is 0 Å². The van der Waals surface area contributed by atoms with Crippen LogP contribution in [0, 0.1) is 11.3 Å². The van der Waals surface area contributed by atoms with Crippen LogP contribution in [0.25, 0.3) is 0 Å².